The predicted molar refractivity (Wildman–Crippen MR) is 85.0 cm³/mol. The van der Waals surface area contributed by atoms with E-state index >= 15 is 0 Å². The standard InChI is InChI=1S/C18H18N2/c1-13-6-7-15(10-14(13)2)11-20-18-5-3-4-16-8-9-19-12-17(16)18/h3-10,12,20H,11H2,1-2H3. The van der Waals surface area contributed by atoms with Gasteiger partial charge >= 0.3 is 0 Å². The first-order valence-electron chi connectivity index (χ1n) is 6.87. The normalized spacial score (nSPS) is 10.7. The summed E-state index contributed by atoms with van der Waals surface area (Å²) < 4.78 is 0. The first-order valence-corrected chi connectivity index (χ1v) is 6.87. The van der Waals surface area contributed by atoms with E-state index in [1.165, 1.54) is 27.5 Å². The second-order valence-corrected chi connectivity index (χ2v) is 5.17. The second kappa shape index (κ2) is 5.33. The van der Waals surface area contributed by atoms with Gasteiger partial charge in [0.05, 0.1) is 0 Å². The molecule has 2 heteroatoms. The van der Waals surface area contributed by atoms with Gasteiger partial charge in [0.25, 0.3) is 0 Å². The Kier molecular flexibility index (Phi) is 3.38. The fourth-order valence-corrected chi connectivity index (χ4v) is 2.38. The number of nitrogens with zero attached hydrogens (tertiary/aromatic N) is 1. The fourth-order valence-electron chi connectivity index (χ4n) is 2.38. The Labute approximate surface area is 119 Å². The number of aryl methyl sites for hydroxylation is 2. The van der Waals surface area contributed by atoms with Crippen LogP contribution < -0.4 is 5.32 Å². The molecule has 0 saturated carbocycles. The Hall–Kier alpha value is -2.35. The van der Waals surface area contributed by atoms with Gasteiger partial charge in [0, 0.05) is 30.0 Å². The SMILES string of the molecule is Cc1ccc(CNc2cccc3ccncc23)cc1C. The van der Waals surface area contributed by atoms with E-state index in [1.54, 1.807) is 0 Å². The summed E-state index contributed by atoms with van der Waals surface area (Å²) in [6.45, 7) is 5.12. The Bertz CT molecular complexity index is 742. The minimum Gasteiger partial charge on any atom is -0.380 e. The third kappa shape index (κ3) is 2.50. The van der Waals surface area contributed by atoms with Crippen LogP contribution in [-0.4, -0.2) is 4.98 Å². The van der Waals surface area contributed by atoms with Crippen molar-refractivity contribution in [3.8, 4) is 0 Å². The maximum Gasteiger partial charge on any atom is 0.0438 e. The molecular weight excluding hydrogens is 244 g/mol. The molecule has 0 spiro atoms. The molecule has 0 aliphatic heterocycles. The smallest absolute Gasteiger partial charge is 0.0438 e. The molecule has 2 nitrogen and oxygen atoms in total. The van der Waals surface area contributed by atoms with Gasteiger partial charge < -0.3 is 5.32 Å². The maximum atomic E-state index is 4.21. The summed E-state index contributed by atoms with van der Waals surface area (Å²) >= 11 is 0. The minimum absolute atomic E-state index is 0.828. The van der Waals surface area contributed by atoms with Crippen LogP contribution in [0.4, 0.5) is 5.69 Å². The van der Waals surface area contributed by atoms with Crippen LogP contribution in [0, 0.1) is 13.8 Å². The molecule has 1 heterocycles. The van der Waals surface area contributed by atoms with Gasteiger partial charge in [0.15, 0.2) is 0 Å². The summed E-state index contributed by atoms with van der Waals surface area (Å²) in [5.41, 5.74) is 5.11. The zero-order valence-corrected chi connectivity index (χ0v) is 11.9. The quantitative estimate of drug-likeness (QED) is 0.753. The van der Waals surface area contributed by atoms with Crippen molar-refractivity contribution in [3.63, 3.8) is 0 Å². The lowest BCUT2D eigenvalue weighted by Gasteiger charge is -2.10. The molecule has 100 valence electrons. The van der Waals surface area contributed by atoms with Crippen molar-refractivity contribution in [2.24, 2.45) is 0 Å². The molecular formula is C18H18N2. The van der Waals surface area contributed by atoms with E-state index in [9.17, 15) is 0 Å². The number of aromatic nitrogens is 1. The van der Waals surface area contributed by atoms with Crippen molar-refractivity contribution in [1.29, 1.82) is 0 Å². The average molecular weight is 262 g/mol. The Morgan fingerprint density at radius 1 is 1.00 bits per heavy atom. The summed E-state index contributed by atoms with van der Waals surface area (Å²) in [4.78, 5) is 4.21. The molecule has 0 radical (unpaired) electrons. The number of hydrogen-bond donors (Lipinski definition) is 1. The van der Waals surface area contributed by atoms with Crippen LogP contribution in [0.5, 0.6) is 0 Å². The number of rotatable bonds is 3. The van der Waals surface area contributed by atoms with E-state index in [0.717, 1.165) is 12.2 Å². The number of benzene rings is 2. The second-order valence-electron chi connectivity index (χ2n) is 5.17. The number of pyridine rings is 1. The van der Waals surface area contributed by atoms with Crippen molar-refractivity contribution >= 4 is 16.5 Å². The molecule has 1 N–H and O–H groups in total. The number of fused-ring (bicyclic) bond motifs is 1. The van der Waals surface area contributed by atoms with Gasteiger partial charge in [0.1, 0.15) is 0 Å². The molecule has 2 aromatic carbocycles. The highest BCUT2D eigenvalue weighted by molar-refractivity contribution is 5.93. The van der Waals surface area contributed by atoms with E-state index in [1.807, 2.05) is 18.5 Å². The van der Waals surface area contributed by atoms with Crippen LogP contribution in [0.3, 0.4) is 0 Å². The summed E-state index contributed by atoms with van der Waals surface area (Å²) in [6, 6.07) is 14.9. The lowest BCUT2D eigenvalue weighted by Crippen LogP contribution is -2.00. The maximum absolute atomic E-state index is 4.21. The molecule has 20 heavy (non-hydrogen) atoms. The Morgan fingerprint density at radius 3 is 2.75 bits per heavy atom. The first kappa shape index (κ1) is 12.7. The molecule has 3 rings (SSSR count). The van der Waals surface area contributed by atoms with Crippen LogP contribution >= 0.6 is 0 Å². The summed E-state index contributed by atoms with van der Waals surface area (Å²) in [6.07, 6.45) is 3.74. The molecule has 0 fully saturated rings. The predicted octanol–water partition coefficient (Wildman–Crippen LogP) is 4.46. The van der Waals surface area contributed by atoms with Crippen molar-refractivity contribution in [2.75, 3.05) is 5.32 Å². The van der Waals surface area contributed by atoms with Crippen molar-refractivity contribution in [2.45, 2.75) is 20.4 Å². The van der Waals surface area contributed by atoms with Gasteiger partial charge in [-0.25, -0.2) is 0 Å². The monoisotopic (exact) mass is 262 g/mol. The molecule has 0 unspecified atom stereocenters. The zero-order chi connectivity index (χ0) is 13.9. The molecule has 0 saturated heterocycles. The van der Waals surface area contributed by atoms with Crippen LogP contribution in [0.15, 0.2) is 54.9 Å². The average Bonchev–Trinajstić information content (AvgIpc) is 2.48. The summed E-state index contributed by atoms with van der Waals surface area (Å²) in [5, 5.41) is 5.89. The van der Waals surface area contributed by atoms with Gasteiger partial charge in [-0.1, -0.05) is 30.3 Å². The van der Waals surface area contributed by atoms with Gasteiger partial charge in [0.2, 0.25) is 0 Å². The molecule has 0 atom stereocenters. The third-order valence-electron chi connectivity index (χ3n) is 3.74. The van der Waals surface area contributed by atoms with E-state index in [-0.39, 0.29) is 0 Å². The van der Waals surface area contributed by atoms with Crippen LogP contribution in [0.1, 0.15) is 16.7 Å². The van der Waals surface area contributed by atoms with Crippen molar-refractivity contribution in [1.82, 2.24) is 4.98 Å². The van der Waals surface area contributed by atoms with E-state index in [2.05, 4.69) is 60.5 Å². The van der Waals surface area contributed by atoms with E-state index in [4.69, 9.17) is 0 Å². The Balaban J connectivity index is 1.85. The van der Waals surface area contributed by atoms with Gasteiger partial charge in [-0.15, -0.1) is 0 Å². The summed E-state index contributed by atoms with van der Waals surface area (Å²) in [7, 11) is 0. The van der Waals surface area contributed by atoms with Crippen molar-refractivity contribution in [3.05, 3.63) is 71.5 Å². The van der Waals surface area contributed by atoms with Crippen molar-refractivity contribution < 1.29 is 0 Å². The third-order valence-corrected chi connectivity index (χ3v) is 3.74. The highest BCUT2D eigenvalue weighted by atomic mass is 14.9. The lowest BCUT2D eigenvalue weighted by molar-refractivity contribution is 1.13. The number of hydrogen-bond acceptors (Lipinski definition) is 2. The molecule has 0 aliphatic carbocycles. The Morgan fingerprint density at radius 2 is 1.90 bits per heavy atom. The molecule has 0 bridgehead atoms. The van der Waals surface area contributed by atoms with E-state index in [0.29, 0.717) is 0 Å². The largest absolute Gasteiger partial charge is 0.380 e. The van der Waals surface area contributed by atoms with E-state index < -0.39 is 0 Å². The molecule has 0 aliphatic rings. The highest BCUT2D eigenvalue weighted by Gasteiger charge is 2.01. The lowest BCUT2D eigenvalue weighted by atomic mass is 10.1. The number of anilines is 1. The number of nitrogens with one attached hydrogen (secondary N) is 1. The van der Waals surface area contributed by atoms with Gasteiger partial charge in [-0.05, 0) is 48.1 Å². The zero-order valence-electron chi connectivity index (χ0n) is 11.9. The van der Waals surface area contributed by atoms with Crippen LogP contribution in [0.2, 0.25) is 0 Å². The summed E-state index contributed by atoms with van der Waals surface area (Å²) in [5.74, 6) is 0. The highest BCUT2D eigenvalue weighted by Crippen LogP contribution is 2.22. The molecule has 0 amide bonds. The molecule has 1 aromatic heterocycles. The molecule has 3 aromatic rings. The van der Waals surface area contributed by atoms with Crippen LogP contribution in [0.25, 0.3) is 10.8 Å². The fraction of sp³-hybridized carbons (Fsp3) is 0.167. The van der Waals surface area contributed by atoms with Gasteiger partial charge in [-0.3, -0.25) is 4.98 Å². The van der Waals surface area contributed by atoms with Crippen LogP contribution in [-0.2, 0) is 6.54 Å². The minimum atomic E-state index is 0.828. The topological polar surface area (TPSA) is 24.9 Å². The first-order chi connectivity index (χ1) is 9.74. The van der Waals surface area contributed by atoms with Gasteiger partial charge in [-0.2, -0.15) is 0 Å².